The molecular formula is C13H16N2O3. The fraction of sp³-hybridized carbons (Fsp3) is 0.462. The number of amides is 2. The van der Waals surface area contributed by atoms with E-state index in [-0.39, 0.29) is 12.1 Å². The number of carbonyl (C=O) groups is 1. The van der Waals surface area contributed by atoms with Crippen molar-refractivity contribution in [3.63, 3.8) is 0 Å². The van der Waals surface area contributed by atoms with Crippen molar-refractivity contribution in [3.8, 4) is 11.5 Å². The van der Waals surface area contributed by atoms with E-state index in [4.69, 9.17) is 9.47 Å². The standard InChI is InChI=1S/C13H16N2O3/c1-3-17-10-6-4-5-8-9-7-13(2,18-11(8)10)15-12(16)14-9/h4-6,9H,3,7H2,1-2H3,(H2,14,15,16)/t9-,13+/m0/s1. The summed E-state index contributed by atoms with van der Waals surface area (Å²) in [4.78, 5) is 11.6. The number of urea groups is 1. The number of carbonyl (C=O) groups excluding carboxylic acids is 1. The Hall–Kier alpha value is -1.91. The summed E-state index contributed by atoms with van der Waals surface area (Å²) in [7, 11) is 0. The van der Waals surface area contributed by atoms with E-state index in [2.05, 4.69) is 10.6 Å². The first kappa shape index (κ1) is 11.2. The van der Waals surface area contributed by atoms with Gasteiger partial charge in [0.2, 0.25) is 0 Å². The van der Waals surface area contributed by atoms with Gasteiger partial charge in [-0.05, 0) is 19.9 Å². The Kier molecular flexibility index (Phi) is 2.36. The van der Waals surface area contributed by atoms with E-state index in [1.54, 1.807) is 0 Å². The van der Waals surface area contributed by atoms with Gasteiger partial charge in [0.25, 0.3) is 0 Å². The Balaban J connectivity index is 2.07. The molecule has 2 bridgehead atoms. The number of ether oxygens (including phenoxy) is 2. The summed E-state index contributed by atoms with van der Waals surface area (Å²) >= 11 is 0. The minimum absolute atomic E-state index is 0.0205. The van der Waals surface area contributed by atoms with Gasteiger partial charge in [-0.15, -0.1) is 0 Å². The van der Waals surface area contributed by atoms with Crippen LogP contribution in [0.3, 0.4) is 0 Å². The van der Waals surface area contributed by atoms with Gasteiger partial charge in [-0.25, -0.2) is 4.79 Å². The highest BCUT2D eigenvalue weighted by atomic mass is 16.5. The minimum Gasteiger partial charge on any atom is -0.490 e. The molecule has 2 aliphatic heterocycles. The molecule has 0 saturated carbocycles. The zero-order valence-corrected chi connectivity index (χ0v) is 10.4. The molecule has 3 rings (SSSR count). The molecule has 0 unspecified atom stereocenters. The Morgan fingerprint density at radius 1 is 1.56 bits per heavy atom. The fourth-order valence-electron chi connectivity index (χ4n) is 2.59. The van der Waals surface area contributed by atoms with E-state index in [1.807, 2.05) is 32.0 Å². The first-order valence-corrected chi connectivity index (χ1v) is 6.15. The minimum atomic E-state index is -0.660. The normalized spacial score (nSPS) is 28.6. The maximum atomic E-state index is 11.6. The van der Waals surface area contributed by atoms with Crippen LogP contribution in [0.25, 0.3) is 0 Å². The zero-order chi connectivity index (χ0) is 12.8. The quantitative estimate of drug-likeness (QED) is 0.840. The third-order valence-electron chi connectivity index (χ3n) is 3.29. The molecule has 2 aliphatic rings. The first-order chi connectivity index (χ1) is 8.61. The maximum Gasteiger partial charge on any atom is 0.318 e. The molecule has 1 aromatic carbocycles. The summed E-state index contributed by atoms with van der Waals surface area (Å²) in [5, 5.41) is 5.72. The van der Waals surface area contributed by atoms with Crippen LogP contribution >= 0.6 is 0 Å². The van der Waals surface area contributed by atoms with Crippen LogP contribution in [0.5, 0.6) is 11.5 Å². The van der Waals surface area contributed by atoms with E-state index in [9.17, 15) is 4.79 Å². The molecule has 0 aliphatic carbocycles. The lowest BCUT2D eigenvalue weighted by molar-refractivity contribution is 0.00893. The second-order valence-corrected chi connectivity index (χ2v) is 4.80. The van der Waals surface area contributed by atoms with Gasteiger partial charge in [0.05, 0.1) is 12.6 Å². The maximum absolute atomic E-state index is 11.6. The second kappa shape index (κ2) is 3.80. The molecule has 96 valence electrons. The van der Waals surface area contributed by atoms with E-state index in [0.29, 0.717) is 13.0 Å². The van der Waals surface area contributed by atoms with E-state index in [0.717, 1.165) is 17.1 Å². The third kappa shape index (κ3) is 1.66. The molecule has 0 aromatic heterocycles. The topological polar surface area (TPSA) is 59.6 Å². The highest BCUT2D eigenvalue weighted by Crippen LogP contribution is 2.45. The summed E-state index contributed by atoms with van der Waals surface area (Å²) in [5.41, 5.74) is 0.320. The van der Waals surface area contributed by atoms with Gasteiger partial charge in [-0.3, -0.25) is 0 Å². The summed E-state index contributed by atoms with van der Waals surface area (Å²) in [5.74, 6) is 1.45. The molecule has 1 fully saturated rings. The van der Waals surface area contributed by atoms with Crippen LogP contribution in [0.2, 0.25) is 0 Å². The molecule has 0 spiro atoms. The number of fused-ring (bicyclic) bond motifs is 4. The van der Waals surface area contributed by atoms with Crippen LogP contribution in [-0.2, 0) is 0 Å². The highest BCUT2D eigenvalue weighted by Gasteiger charge is 2.44. The van der Waals surface area contributed by atoms with Gasteiger partial charge in [0.15, 0.2) is 17.2 Å². The van der Waals surface area contributed by atoms with Crippen molar-refractivity contribution in [1.82, 2.24) is 10.6 Å². The van der Waals surface area contributed by atoms with Gasteiger partial charge in [0, 0.05) is 12.0 Å². The Labute approximate surface area is 105 Å². The third-order valence-corrected chi connectivity index (χ3v) is 3.29. The highest BCUT2D eigenvalue weighted by molar-refractivity contribution is 5.77. The van der Waals surface area contributed by atoms with Crippen LogP contribution in [0, 0.1) is 0 Å². The van der Waals surface area contributed by atoms with Crippen molar-refractivity contribution in [3.05, 3.63) is 23.8 Å². The molecular weight excluding hydrogens is 232 g/mol. The average molecular weight is 248 g/mol. The van der Waals surface area contributed by atoms with Crippen LogP contribution in [0.4, 0.5) is 4.79 Å². The van der Waals surface area contributed by atoms with Crippen LogP contribution in [-0.4, -0.2) is 18.4 Å². The van der Waals surface area contributed by atoms with Crippen LogP contribution < -0.4 is 20.1 Å². The van der Waals surface area contributed by atoms with Gasteiger partial charge in [0.1, 0.15) is 0 Å². The van der Waals surface area contributed by atoms with E-state index in [1.165, 1.54) is 0 Å². The summed E-state index contributed by atoms with van der Waals surface area (Å²) in [6.45, 7) is 4.40. The SMILES string of the molecule is CCOc1cccc2c1O[C@]1(C)C[C@@H]2NC(=O)N1. The van der Waals surface area contributed by atoms with Gasteiger partial charge in [-0.2, -0.15) is 0 Å². The summed E-state index contributed by atoms with van der Waals surface area (Å²) < 4.78 is 11.5. The molecule has 5 heteroatoms. The lowest BCUT2D eigenvalue weighted by atomic mass is 9.91. The number of para-hydroxylation sites is 1. The lowest BCUT2D eigenvalue weighted by Gasteiger charge is -2.44. The van der Waals surface area contributed by atoms with Crippen molar-refractivity contribution in [2.75, 3.05) is 6.61 Å². The van der Waals surface area contributed by atoms with Gasteiger partial charge < -0.3 is 20.1 Å². The number of hydrogen-bond donors (Lipinski definition) is 2. The monoisotopic (exact) mass is 248 g/mol. The number of rotatable bonds is 2. The molecule has 2 heterocycles. The number of nitrogens with one attached hydrogen (secondary N) is 2. The number of hydrogen-bond acceptors (Lipinski definition) is 3. The number of benzene rings is 1. The molecule has 2 amide bonds. The molecule has 1 saturated heterocycles. The molecule has 5 nitrogen and oxygen atoms in total. The predicted octanol–water partition coefficient (Wildman–Crippen LogP) is 1.94. The van der Waals surface area contributed by atoms with Gasteiger partial charge in [-0.1, -0.05) is 12.1 Å². The average Bonchev–Trinajstić information content (AvgIpc) is 2.29. The Morgan fingerprint density at radius 3 is 3.17 bits per heavy atom. The lowest BCUT2D eigenvalue weighted by Crippen LogP contribution is -2.62. The van der Waals surface area contributed by atoms with Crippen molar-refractivity contribution in [2.45, 2.75) is 32.0 Å². The van der Waals surface area contributed by atoms with Crippen molar-refractivity contribution < 1.29 is 14.3 Å². The second-order valence-electron chi connectivity index (χ2n) is 4.80. The Bertz CT molecular complexity index is 503. The zero-order valence-electron chi connectivity index (χ0n) is 10.4. The Morgan fingerprint density at radius 2 is 2.39 bits per heavy atom. The van der Waals surface area contributed by atoms with Crippen molar-refractivity contribution in [2.24, 2.45) is 0 Å². The molecule has 18 heavy (non-hydrogen) atoms. The fourth-order valence-corrected chi connectivity index (χ4v) is 2.59. The van der Waals surface area contributed by atoms with E-state index < -0.39 is 5.72 Å². The van der Waals surface area contributed by atoms with Crippen LogP contribution in [0.1, 0.15) is 31.9 Å². The molecule has 1 aromatic rings. The molecule has 2 atom stereocenters. The van der Waals surface area contributed by atoms with Gasteiger partial charge >= 0.3 is 6.03 Å². The predicted molar refractivity (Wildman–Crippen MR) is 65.7 cm³/mol. The van der Waals surface area contributed by atoms with Crippen molar-refractivity contribution >= 4 is 6.03 Å². The summed E-state index contributed by atoms with van der Waals surface area (Å²) in [6, 6.07) is 5.56. The smallest absolute Gasteiger partial charge is 0.318 e. The largest absolute Gasteiger partial charge is 0.490 e. The first-order valence-electron chi connectivity index (χ1n) is 6.15. The van der Waals surface area contributed by atoms with E-state index >= 15 is 0 Å². The molecule has 2 N–H and O–H groups in total. The van der Waals surface area contributed by atoms with Crippen LogP contribution in [0.15, 0.2) is 18.2 Å². The summed E-state index contributed by atoms with van der Waals surface area (Å²) in [6.07, 6.45) is 0.710. The molecule has 0 radical (unpaired) electrons. The van der Waals surface area contributed by atoms with Crippen molar-refractivity contribution in [1.29, 1.82) is 0 Å².